The lowest BCUT2D eigenvalue weighted by atomic mass is 10.4. The van der Waals surface area contributed by atoms with Gasteiger partial charge in [-0.3, -0.25) is 9.59 Å². The summed E-state index contributed by atoms with van der Waals surface area (Å²) in [7, 11) is 2.96. The van der Waals surface area contributed by atoms with Crippen LogP contribution in [0.15, 0.2) is 5.38 Å². The second-order valence-electron chi connectivity index (χ2n) is 3.85. The van der Waals surface area contributed by atoms with Crippen molar-refractivity contribution in [3.8, 4) is 0 Å². The summed E-state index contributed by atoms with van der Waals surface area (Å²) in [6.45, 7) is 0.611. The van der Waals surface area contributed by atoms with Gasteiger partial charge >= 0.3 is 5.97 Å². The first-order valence-electron chi connectivity index (χ1n) is 5.65. The number of carboxylic acids is 1. The van der Waals surface area contributed by atoms with Crippen molar-refractivity contribution < 1.29 is 24.2 Å². The molecule has 0 saturated heterocycles. The number of rotatable bonds is 7. The minimum Gasteiger partial charge on any atom is -0.476 e. The number of aromatic carboxylic acids is 1. The van der Waals surface area contributed by atoms with Crippen LogP contribution in [-0.4, -0.2) is 66.6 Å². The number of nitrogens with one attached hydrogen (secondary N) is 1. The molecule has 20 heavy (non-hydrogen) atoms. The molecule has 1 rings (SSSR count). The Morgan fingerprint density at radius 2 is 2.20 bits per heavy atom. The van der Waals surface area contributed by atoms with Gasteiger partial charge in [-0.25, -0.2) is 9.78 Å². The molecule has 110 valence electrons. The van der Waals surface area contributed by atoms with Crippen LogP contribution in [0.3, 0.4) is 0 Å². The molecule has 0 bridgehead atoms. The van der Waals surface area contributed by atoms with E-state index in [1.807, 2.05) is 0 Å². The molecular weight excluding hydrogens is 286 g/mol. The number of thiazole rings is 1. The number of hydrogen-bond acceptors (Lipinski definition) is 6. The number of carbonyl (C=O) groups excluding carboxylic acids is 2. The van der Waals surface area contributed by atoms with E-state index in [-0.39, 0.29) is 23.2 Å². The smallest absolute Gasteiger partial charge is 0.355 e. The summed E-state index contributed by atoms with van der Waals surface area (Å²) in [5.74, 6) is -2.02. The molecule has 0 radical (unpaired) electrons. The van der Waals surface area contributed by atoms with Crippen LogP contribution >= 0.6 is 11.3 Å². The average Bonchev–Trinajstić information content (AvgIpc) is 2.87. The van der Waals surface area contributed by atoms with Crippen molar-refractivity contribution in [3.05, 3.63) is 16.1 Å². The summed E-state index contributed by atoms with van der Waals surface area (Å²) in [6.07, 6.45) is 0. The molecule has 0 atom stereocenters. The van der Waals surface area contributed by atoms with Crippen LogP contribution in [-0.2, 0) is 9.53 Å². The number of aromatic nitrogens is 1. The lowest BCUT2D eigenvalue weighted by molar-refractivity contribution is -0.121. The lowest BCUT2D eigenvalue weighted by Gasteiger charge is -2.15. The average molecular weight is 301 g/mol. The molecule has 1 aromatic heterocycles. The molecule has 0 aromatic carbocycles. The van der Waals surface area contributed by atoms with Crippen molar-refractivity contribution in [2.45, 2.75) is 0 Å². The van der Waals surface area contributed by atoms with Crippen molar-refractivity contribution >= 4 is 29.1 Å². The SMILES string of the molecule is COCCNC(=O)CN(C)C(=O)c1nc(C(=O)O)cs1. The standard InChI is InChI=1S/C11H15N3O5S/c1-14(5-8(15)12-3-4-19-2)10(16)9-13-7(6-20-9)11(17)18/h6H,3-5H2,1-2H3,(H,12,15)(H,17,18). The summed E-state index contributed by atoms with van der Waals surface area (Å²) >= 11 is 0.928. The summed E-state index contributed by atoms with van der Waals surface area (Å²) in [6, 6.07) is 0. The molecule has 2 N–H and O–H groups in total. The topological polar surface area (TPSA) is 109 Å². The van der Waals surface area contributed by atoms with Crippen molar-refractivity contribution in [1.29, 1.82) is 0 Å². The largest absolute Gasteiger partial charge is 0.476 e. The van der Waals surface area contributed by atoms with E-state index < -0.39 is 11.9 Å². The number of amides is 2. The zero-order valence-electron chi connectivity index (χ0n) is 11.1. The zero-order valence-corrected chi connectivity index (χ0v) is 11.9. The van der Waals surface area contributed by atoms with E-state index in [1.165, 1.54) is 24.4 Å². The Kier molecular flexibility index (Phi) is 6.07. The van der Waals surface area contributed by atoms with Gasteiger partial charge in [-0.2, -0.15) is 0 Å². The first kappa shape index (κ1) is 16.1. The number of likely N-dealkylation sites (N-methyl/N-ethyl adjacent to an activating group) is 1. The van der Waals surface area contributed by atoms with Crippen LogP contribution in [0, 0.1) is 0 Å². The maximum atomic E-state index is 11.9. The van der Waals surface area contributed by atoms with Crippen LogP contribution < -0.4 is 5.32 Å². The second-order valence-corrected chi connectivity index (χ2v) is 4.71. The van der Waals surface area contributed by atoms with Gasteiger partial charge in [0.1, 0.15) is 0 Å². The summed E-state index contributed by atoms with van der Waals surface area (Å²) in [5.41, 5.74) is -0.184. The van der Waals surface area contributed by atoms with Crippen molar-refractivity contribution in [2.24, 2.45) is 0 Å². The Morgan fingerprint density at radius 3 is 2.75 bits per heavy atom. The van der Waals surface area contributed by atoms with E-state index in [0.717, 1.165) is 11.3 Å². The Morgan fingerprint density at radius 1 is 1.50 bits per heavy atom. The fourth-order valence-corrected chi connectivity index (χ4v) is 2.05. The van der Waals surface area contributed by atoms with E-state index >= 15 is 0 Å². The highest BCUT2D eigenvalue weighted by atomic mass is 32.1. The molecule has 0 aliphatic carbocycles. The van der Waals surface area contributed by atoms with E-state index in [2.05, 4.69) is 10.3 Å². The highest BCUT2D eigenvalue weighted by Gasteiger charge is 2.19. The molecule has 9 heteroatoms. The molecule has 0 saturated carbocycles. The minimum atomic E-state index is -1.19. The molecule has 0 spiro atoms. The molecule has 0 aliphatic heterocycles. The molecule has 8 nitrogen and oxygen atoms in total. The summed E-state index contributed by atoms with van der Waals surface area (Å²) in [4.78, 5) is 39.0. The minimum absolute atomic E-state index is 0.0367. The first-order chi connectivity index (χ1) is 9.45. The van der Waals surface area contributed by atoms with Gasteiger partial charge in [0, 0.05) is 26.1 Å². The number of carbonyl (C=O) groups is 3. The predicted octanol–water partition coefficient (Wildman–Crippen LogP) is -0.324. The molecule has 0 aliphatic rings. The van der Waals surface area contributed by atoms with E-state index in [0.29, 0.717) is 13.2 Å². The molecule has 1 heterocycles. The number of ether oxygens (including phenoxy) is 1. The monoisotopic (exact) mass is 301 g/mol. The Balaban J connectivity index is 2.53. The van der Waals surface area contributed by atoms with Crippen LogP contribution in [0.4, 0.5) is 0 Å². The quantitative estimate of drug-likeness (QED) is 0.668. The third-order valence-electron chi connectivity index (χ3n) is 2.26. The van der Waals surface area contributed by atoms with Gasteiger partial charge in [0.25, 0.3) is 5.91 Å². The highest BCUT2D eigenvalue weighted by Crippen LogP contribution is 2.11. The Hall–Kier alpha value is -2.00. The van der Waals surface area contributed by atoms with E-state index in [4.69, 9.17) is 9.84 Å². The van der Waals surface area contributed by atoms with Gasteiger partial charge in [-0.15, -0.1) is 11.3 Å². The fraction of sp³-hybridized carbons (Fsp3) is 0.455. The van der Waals surface area contributed by atoms with Gasteiger partial charge in [-0.05, 0) is 0 Å². The first-order valence-corrected chi connectivity index (χ1v) is 6.53. The summed E-state index contributed by atoms with van der Waals surface area (Å²) in [5, 5.41) is 12.6. The second kappa shape index (κ2) is 7.56. The third kappa shape index (κ3) is 4.59. The molecule has 0 unspecified atom stereocenters. The van der Waals surface area contributed by atoms with Crippen LogP contribution in [0.1, 0.15) is 20.3 Å². The van der Waals surface area contributed by atoms with Crippen molar-refractivity contribution in [1.82, 2.24) is 15.2 Å². The summed E-state index contributed by atoms with van der Waals surface area (Å²) < 4.78 is 4.78. The van der Waals surface area contributed by atoms with Crippen molar-refractivity contribution in [2.75, 3.05) is 33.9 Å². The van der Waals surface area contributed by atoms with E-state index in [9.17, 15) is 14.4 Å². The predicted molar refractivity (Wildman–Crippen MR) is 70.9 cm³/mol. The maximum absolute atomic E-state index is 11.9. The Bertz CT molecular complexity index is 502. The van der Waals surface area contributed by atoms with Gasteiger partial charge < -0.3 is 20.1 Å². The fourth-order valence-electron chi connectivity index (χ4n) is 1.27. The van der Waals surface area contributed by atoms with Crippen molar-refractivity contribution in [3.63, 3.8) is 0 Å². The van der Waals surface area contributed by atoms with Crippen LogP contribution in [0.5, 0.6) is 0 Å². The van der Waals surface area contributed by atoms with Gasteiger partial charge in [-0.1, -0.05) is 0 Å². The van der Waals surface area contributed by atoms with Gasteiger partial charge in [0.2, 0.25) is 5.91 Å². The van der Waals surface area contributed by atoms with Gasteiger partial charge in [0.05, 0.1) is 13.2 Å². The number of carboxylic acid groups (broad SMARTS) is 1. The van der Waals surface area contributed by atoms with Crippen LogP contribution in [0.2, 0.25) is 0 Å². The Labute approximate surface area is 119 Å². The molecule has 2 amide bonds. The highest BCUT2D eigenvalue weighted by molar-refractivity contribution is 7.11. The molecule has 0 fully saturated rings. The zero-order chi connectivity index (χ0) is 15.1. The third-order valence-corrected chi connectivity index (χ3v) is 3.09. The van der Waals surface area contributed by atoms with Gasteiger partial charge in [0.15, 0.2) is 10.7 Å². The molecular formula is C11H15N3O5S. The maximum Gasteiger partial charge on any atom is 0.355 e. The number of hydrogen-bond donors (Lipinski definition) is 2. The lowest BCUT2D eigenvalue weighted by Crippen LogP contribution is -2.39. The van der Waals surface area contributed by atoms with Crippen LogP contribution in [0.25, 0.3) is 0 Å². The molecule has 1 aromatic rings. The number of nitrogens with zero attached hydrogens (tertiary/aromatic N) is 2. The van der Waals surface area contributed by atoms with E-state index in [1.54, 1.807) is 0 Å². The normalized spacial score (nSPS) is 10.1. The number of methoxy groups -OCH3 is 1.